The number of hydrogen-bond donors (Lipinski definition) is 0. The molecular weight excluding hydrogens is 224 g/mol. The minimum Gasteiger partial charge on any atom is -0.487 e. The first-order valence-electron chi connectivity index (χ1n) is 5.18. The molecule has 2 aromatic rings. The van der Waals surface area contributed by atoms with E-state index in [4.69, 9.17) is 16.3 Å². The number of para-hydroxylation sites is 1. The van der Waals surface area contributed by atoms with Crippen molar-refractivity contribution in [2.24, 2.45) is 0 Å². The SMILES string of the molecule is CCn1cc(COc2ccccc2Cl)cn1. The lowest BCUT2D eigenvalue weighted by Crippen LogP contribution is -1.95. The molecule has 16 heavy (non-hydrogen) atoms. The quantitative estimate of drug-likeness (QED) is 0.816. The number of benzene rings is 1. The number of aryl methyl sites for hydroxylation is 1. The summed E-state index contributed by atoms with van der Waals surface area (Å²) in [5.41, 5.74) is 1.04. The molecule has 0 radical (unpaired) electrons. The molecule has 0 aliphatic carbocycles. The van der Waals surface area contributed by atoms with Gasteiger partial charge in [0, 0.05) is 18.3 Å². The fourth-order valence-electron chi connectivity index (χ4n) is 1.38. The lowest BCUT2D eigenvalue weighted by molar-refractivity contribution is 0.306. The molecule has 0 amide bonds. The first kappa shape index (κ1) is 11.0. The van der Waals surface area contributed by atoms with Gasteiger partial charge in [0.1, 0.15) is 12.4 Å². The molecule has 0 bridgehead atoms. The van der Waals surface area contributed by atoms with Crippen molar-refractivity contribution in [2.45, 2.75) is 20.1 Å². The van der Waals surface area contributed by atoms with E-state index < -0.39 is 0 Å². The number of rotatable bonds is 4. The maximum Gasteiger partial charge on any atom is 0.138 e. The van der Waals surface area contributed by atoms with E-state index >= 15 is 0 Å². The molecule has 1 aromatic carbocycles. The average Bonchev–Trinajstić information content (AvgIpc) is 2.76. The fraction of sp³-hybridized carbons (Fsp3) is 0.250. The molecule has 3 nitrogen and oxygen atoms in total. The molecular formula is C12H13ClN2O. The van der Waals surface area contributed by atoms with Crippen LogP contribution in [0.4, 0.5) is 0 Å². The van der Waals surface area contributed by atoms with Gasteiger partial charge < -0.3 is 4.74 Å². The van der Waals surface area contributed by atoms with Crippen molar-refractivity contribution < 1.29 is 4.74 Å². The molecule has 0 spiro atoms. The summed E-state index contributed by atoms with van der Waals surface area (Å²) in [6.07, 6.45) is 3.77. The van der Waals surface area contributed by atoms with Crippen molar-refractivity contribution in [3.8, 4) is 5.75 Å². The van der Waals surface area contributed by atoms with Gasteiger partial charge in [-0.25, -0.2) is 0 Å². The van der Waals surface area contributed by atoms with Crippen LogP contribution in [0.3, 0.4) is 0 Å². The summed E-state index contributed by atoms with van der Waals surface area (Å²) in [6.45, 7) is 3.40. The number of hydrogen-bond acceptors (Lipinski definition) is 2. The first-order valence-corrected chi connectivity index (χ1v) is 5.56. The number of aromatic nitrogens is 2. The smallest absolute Gasteiger partial charge is 0.138 e. The van der Waals surface area contributed by atoms with E-state index in [2.05, 4.69) is 5.10 Å². The lowest BCUT2D eigenvalue weighted by atomic mass is 10.3. The maximum atomic E-state index is 5.98. The number of ether oxygens (including phenoxy) is 1. The van der Waals surface area contributed by atoms with Crippen LogP contribution in [0.15, 0.2) is 36.7 Å². The van der Waals surface area contributed by atoms with Crippen LogP contribution in [0.2, 0.25) is 5.02 Å². The molecule has 1 aromatic heterocycles. The Morgan fingerprint density at radius 3 is 2.88 bits per heavy atom. The largest absolute Gasteiger partial charge is 0.487 e. The Kier molecular flexibility index (Phi) is 3.47. The van der Waals surface area contributed by atoms with Gasteiger partial charge in [0.15, 0.2) is 0 Å². The Hall–Kier alpha value is -1.48. The minimum absolute atomic E-state index is 0.490. The van der Waals surface area contributed by atoms with Gasteiger partial charge in [-0.2, -0.15) is 5.10 Å². The average molecular weight is 237 g/mol. The van der Waals surface area contributed by atoms with Crippen LogP contribution in [0.5, 0.6) is 5.75 Å². The summed E-state index contributed by atoms with van der Waals surface area (Å²) in [5.74, 6) is 0.702. The number of nitrogens with zero attached hydrogens (tertiary/aromatic N) is 2. The summed E-state index contributed by atoms with van der Waals surface area (Å²) in [4.78, 5) is 0. The summed E-state index contributed by atoms with van der Waals surface area (Å²) < 4.78 is 7.46. The molecule has 84 valence electrons. The Morgan fingerprint density at radius 1 is 1.38 bits per heavy atom. The van der Waals surface area contributed by atoms with Gasteiger partial charge in [0.25, 0.3) is 0 Å². The predicted molar refractivity (Wildman–Crippen MR) is 63.7 cm³/mol. The summed E-state index contributed by atoms with van der Waals surface area (Å²) in [7, 11) is 0. The molecule has 0 aliphatic rings. The van der Waals surface area contributed by atoms with Crippen LogP contribution >= 0.6 is 11.6 Å². The molecule has 0 atom stereocenters. The summed E-state index contributed by atoms with van der Waals surface area (Å²) >= 11 is 5.98. The Balaban J connectivity index is 1.99. The highest BCUT2D eigenvalue weighted by Crippen LogP contribution is 2.23. The monoisotopic (exact) mass is 236 g/mol. The zero-order chi connectivity index (χ0) is 11.4. The van der Waals surface area contributed by atoms with Crippen molar-refractivity contribution in [3.63, 3.8) is 0 Å². The van der Waals surface area contributed by atoms with Gasteiger partial charge in [-0.15, -0.1) is 0 Å². The van der Waals surface area contributed by atoms with Crippen LogP contribution in [-0.4, -0.2) is 9.78 Å². The van der Waals surface area contributed by atoms with E-state index in [9.17, 15) is 0 Å². The third kappa shape index (κ3) is 2.55. The van der Waals surface area contributed by atoms with Crippen molar-refractivity contribution >= 4 is 11.6 Å². The van der Waals surface area contributed by atoms with Crippen LogP contribution in [0.1, 0.15) is 12.5 Å². The highest BCUT2D eigenvalue weighted by molar-refractivity contribution is 6.32. The van der Waals surface area contributed by atoms with E-state index in [1.54, 1.807) is 6.20 Å². The van der Waals surface area contributed by atoms with Gasteiger partial charge in [0.05, 0.1) is 11.2 Å². The van der Waals surface area contributed by atoms with Crippen LogP contribution in [0, 0.1) is 0 Å². The molecule has 0 N–H and O–H groups in total. The highest BCUT2D eigenvalue weighted by atomic mass is 35.5. The maximum absolute atomic E-state index is 5.98. The van der Waals surface area contributed by atoms with E-state index in [1.807, 2.05) is 42.1 Å². The standard InChI is InChI=1S/C12H13ClN2O/c1-2-15-8-10(7-14-15)9-16-12-6-4-3-5-11(12)13/h3-8H,2,9H2,1H3. The van der Waals surface area contributed by atoms with Gasteiger partial charge in [-0.05, 0) is 19.1 Å². The molecule has 2 rings (SSSR count). The molecule has 0 aliphatic heterocycles. The highest BCUT2D eigenvalue weighted by Gasteiger charge is 2.02. The Bertz CT molecular complexity index is 468. The van der Waals surface area contributed by atoms with Gasteiger partial charge >= 0.3 is 0 Å². The Labute approximate surface area is 99.6 Å². The molecule has 0 unspecified atom stereocenters. The summed E-state index contributed by atoms with van der Waals surface area (Å²) in [5, 5.41) is 4.80. The second-order valence-corrected chi connectivity index (χ2v) is 3.83. The van der Waals surface area contributed by atoms with E-state index in [0.29, 0.717) is 17.4 Å². The van der Waals surface area contributed by atoms with Crippen molar-refractivity contribution in [2.75, 3.05) is 0 Å². The molecule has 4 heteroatoms. The van der Waals surface area contributed by atoms with E-state index in [0.717, 1.165) is 12.1 Å². The zero-order valence-electron chi connectivity index (χ0n) is 9.06. The lowest BCUT2D eigenvalue weighted by Gasteiger charge is -2.05. The minimum atomic E-state index is 0.490. The molecule has 1 heterocycles. The topological polar surface area (TPSA) is 27.1 Å². The van der Waals surface area contributed by atoms with Gasteiger partial charge in [0.2, 0.25) is 0 Å². The van der Waals surface area contributed by atoms with Crippen molar-refractivity contribution in [1.29, 1.82) is 0 Å². The van der Waals surface area contributed by atoms with Crippen molar-refractivity contribution in [1.82, 2.24) is 9.78 Å². The van der Waals surface area contributed by atoms with Crippen molar-refractivity contribution in [3.05, 3.63) is 47.2 Å². The van der Waals surface area contributed by atoms with Crippen LogP contribution < -0.4 is 4.74 Å². The van der Waals surface area contributed by atoms with E-state index in [-0.39, 0.29) is 0 Å². The normalized spacial score (nSPS) is 10.4. The molecule has 0 fully saturated rings. The second kappa shape index (κ2) is 5.03. The third-order valence-electron chi connectivity index (χ3n) is 2.24. The van der Waals surface area contributed by atoms with Crippen LogP contribution in [0.25, 0.3) is 0 Å². The summed E-state index contributed by atoms with van der Waals surface area (Å²) in [6, 6.07) is 7.44. The molecule has 0 saturated heterocycles. The Morgan fingerprint density at radius 2 is 2.19 bits per heavy atom. The number of halogens is 1. The zero-order valence-corrected chi connectivity index (χ0v) is 9.81. The second-order valence-electron chi connectivity index (χ2n) is 3.42. The predicted octanol–water partition coefficient (Wildman–Crippen LogP) is 3.14. The first-order chi connectivity index (χ1) is 7.79. The van der Waals surface area contributed by atoms with E-state index in [1.165, 1.54) is 0 Å². The van der Waals surface area contributed by atoms with Gasteiger partial charge in [-0.1, -0.05) is 23.7 Å². The van der Waals surface area contributed by atoms with Crippen LogP contribution in [-0.2, 0) is 13.2 Å². The molecule has 0 saturated carbocycles. The van der Waals surface area contributed by atoms with Gasteiger partial charge in [-0.3, -0.25) is 4.68 Å². The third-order valence-corrected chi connectivity index (χ3v) is 2.55. The fourth-order valence-corrected chi connectivity index (χ4v) is 1.57.